The summed E-state index contributed by atoms with van der Waals surface area (Å²) in [6.45, 7) is 0.206. The van der Waals surface area contributed by atoms with Crippen molar-refractivity contribution in [3.63, 3.8) is 0 Å². The van der Waals surface area contributed by atoms with Crippen LogP contribution in [0.1, 0.15) is 0 Å². The zero-order chi connectivity index (χ0) is 14.2. The van der Waals surface area contributed by atoms with E-state index in [9.17, 15) is 4.39 Å². The van der Waals surface area contributed by atoms with Gasteiger partial charge in [0.15, 0.2) is 11.5 Å². The van der Waals surface area contributed by atoms with Gasteiger partial charge in [0.25, 0.3) is 0 Å². The first-order chi connectivity index (χ1) is 10.3. The maximum absolute atomic E-state index is 13.2. The second kappa shape index (κ2) is 4.59. The van der Waals surface area contributed by atoms with E-state index in [-0.39, 0.29) is 18.5 Å². The van der Waals surface area contributed by atoms with Crippen molar-refractivity contribution in [3.8, 4) is 34.4 Å². The Morgan fingerprint density at radius 2 is 1.62 bits per heavy atom. The summed E-state index contributed by atoms with van der Waals surface area (Å²) >= 11 is 0. The van der Waals surface area contributed by atoms with Gasteiger partial charge in [-0.3, -0.25) is 0 Å². The van der Waals surface area contributed by atoms with E-state index in [4.69, 9.17) is 13.9 Å². The van der Waals surface area contributed by atoms with E-state index >= 15 is 0 Å². The van der Waals surface area contributed by atoms with Gasteiger partial charge in [0.1, 0.15) is 5.82 Å². The monoisotopic (exact) mass is 284 g/mol. The van der Waals surface area contributed by atoms with Crippen LogP contribution in [0.15, 0.2) is 46.9 Å². The Morgan fingerprint density at radius 3 is 2.43 bits per heavy atom. The Hall–Kier alpha value is -2.89. The molecule has 5 nitrogen and oxygen atoms in total. The van der Waals surface area contributed by atoms with E-state index in [2.05, 4.69) is 10.2 Å². The molecule has 0 bridgehead atoms. The molecule has 1 aromatic heterocycles. The summed E-state index contributed by atoms with van der Waals surface area (Å²) in [5.41, 5.74) is 1.25. The molecule has 0 fully saturated rings. The van der Waals surface area contributed by atoms with Crippen molar-refractivity contribution in [1.82, 2.24) is 10.2 Å². The van der Waals surface area contributed by atoms with E-state index in [1.807, 2.05) is 0 Å². The highest BCUT2D eigenvalue weighted by molar-refractivity contribution is 5.62. The summed E-state index contributed by atoms with van der Waals surface area (Å²) in [4.78, 5) is 0. The maximum atomic E-state index is 13.2. The maximum Gasteiger partial charge on any atom is 0.248 e. The molecule has 0 saturated carbocycles. The van der Waals surface area contributed by atoms with Crippen LogP contribution in [0.25, 0.3) is 22.9 Å². The first-order valence-electron chi connectivity index (χ1n) is 6.29. The summed E-state index contributed by atoms with van der Waals surface area (Å²) in [6.07, 6.45) is 0. The lowest BCUT2D eigenvalue weighted by molar-refractivity contribution is 0.174. The van der Waals surface area contributed by atoms with Gasteiger partial charge in [0.2, 0.25) is 18.6 Å². The number of aromatic nitrogens is 2. The molecule has 0 aliphatic carbocycles. The molecule has 2 aromatic carbocycles. The van der Waals surface area contributed by atoms with Crippen molar-refractivity contribution < 1.29 is 18.3 Å². The molecule has 21 heavy (non-hydrogen) atoms. The molecule has 0 saturated heterocycles. The minimum atomic E-state index is -0.352. The molecule has 0 spiro atoms. The Kier molecular flexibility index (Phi) is 2.60. The zero-order valence-corrected chi connectivity index (χ0v) is 10.7. The van der Waals surface area contributed by atoms with Crippen LogP contribution in [-0.4, -0.2) is 17.0 Å². The van der Waals surface area contributed by atoms with Gasteiger partial charge in [-0.15, -0.1) is 10.2 Å². The molecule has 6 heteroatoms. The Morgan fingerprint density at radius 1 is 0.857 bits per heavy atom. The van der Waals surface area contributed by atoms with Gasteiger partial charge in [0.05, 0.1) is 0 Å². The number of nitrogens with zero attached hydrogens (tertiary/aromatic N) is 2. The van der Waals surface area contributed by atoms with Gasteiger partial charge < -0.3 is 13.9 Å². The normalized spacial score (nSPS) is 12.6. The number of fused-ring (bicyclic) bond motifs is 1. The largest absolute Gasteiger partial charge is 0.454 e. The van der Waals surface area contributed by atoms with Crippen LogP contribution in [0.4, 0.5) is 4.39 Å². The minimum Gasteiger partial charge on any atom is -0.454 e. The van der Waals surface area contributed by atoms with Crippen LogP contribution in [-0.2, 0) is 0 Å². The number of halogens is 1. The van der Waals surface area contributed by atoms with Crippen molar-refractivity contribution in [2.45, 2.75) is 0 Å². The predicted octanol–water partition coefficient (Wildman–Crippen LogP) is 3.27. The standard InChI is InChI=1S/C15H9FN2O3/c16-11-3-1-2-9(6-11)14-17-18-15(21-14)10-4-5-12-13(7-10)20-8-19-12/h1-7H,8H2. The summed E-state index contributed by atoms with van der Waals surface area (Å²) in [5.74, 6) is 1.58. The highest BCUT2D eigenvalue weighted by Crippen LogP contribution is 2.36. The quantitative estimate of drug-likeness (QED) is 0.722. The van der Waals surface area contributed by atoms with Crippen LogP contribution in [0.3, 0.4) is 0 Å². The lowest BCUT2D eigenvalue weighted by Crippen LogP contribution is -1.92. The zero-order valence-electron chi connectivity index (χ0n) is 10.7. The van der Waals surface area contributed by atoms with E-state index in [1.54, 1.807) is 30.3 Å². The van der Waals surface area contributed by atoms with Gasteiger partial charge in [-0.05, 0) is 36.4 Å². The fourth-order valence-electron chi connectivity index (χ4n) is 2.11. The Balaban J connectivity index is 1.71. The lowest BCUT2D eigenvalue weighted by atomic mass is 10.2. The van der Waals surface area contributed by atoms with Crippen molar-refractivity contribution in [2.75, 3.05) is 6.79 Å². The molecule has 3 aromatic rings. The summed E-state index contributed by atoms with van der Waals surface area (Å²) in [7, 11) is 0. The molecular weight excluding hydrogens is 275 g/mol. The average molecular weight is 284 g/mol. The van der Waals surface area contributed by atoms with E-state index in [1.165, 1.54) is 12.1 Å². The van der Waals surface area contributed by atoms with E-state index < -0.39 is 0 Å². The van der Waals surface area contributed by atoms with Crippen molar-refractivity contribution in [3.05, 3.63) is 48.3 Å². The number of benzene rings is 2. The third-order valence-electron chi connectivity index (χ3n) is 3.12. The summed E-state index contributed by atoms with van der Waals surface area (Å²) in [5, 5.41) is 7.92. The first kappa shape index (κ1) is 11.9. The number of rotatable bonds is 2. The third-order valence-corrected chi connectivity index (χ3v) is 3.12. The molecule has 1 aliphatic heterocycles. The highest BCUT2D eigenvalue weighted by Gasteiger charge is 2.17. The molecule has 0 atom stereocenters. The number of hydrogen-bond acceptors (Lipinski definition) is 5. The van der Waals surface area contributed by atoms with Crippen LogP contribution >= 0.6 is 0 Å². The predicted molar refractivity (Wildman–Crippen MR) is 71.3 cm³/mol. The molecule has 0 N–H and O–H groups in total. The number of ether oxygens (including phenoxy) is 2. The molecule has 4 rings (SSSR count). The topological polar surface area (TPSA) is 57.4 Å². The Labute approximate surface area is 118 Å². The SMILES string of the molecule is Fc1cccc(-c2nnc(-c3ccc4c(c3)OCO4)o2)c1. The average Bonchev–Trinajstić information content (AvgIpc) is 3.15. The van der Waals surface area contributed by atoms with Gasteiger partial charge in [-0.2, -0.15) is 0 Å². The highest BCUT2D eigenvalue weighted by atomic mass is 19.1. The number of hydrogen-bond donors (Lipinski definition) is 0. The van der Waals surface area contributed by atoms with E-state index in [0.717, 1.165) is 5.56 Å². The van der Waals surface area contributed by atoms with Gasteiger partial charge >= 0.3 is 0 Å². The molecule has 0 unspecified atom stereocenters. The first-order valence-corrected chi connectivity index (χ1v) is 6.29. The molecule has 0 amide bonds. The Bertz CT molecular complexity index is 816. The molecule has 0 radical (unpaired) electrons. The molecule has 1 aliphatic rings. The van der Waals surface area contributed by atoms with Crippen LogP contribution in [0, 0.1) is 5.82 Å². The molecule has 104 valence electrons. The lowest BCUT2D eigenvalue weighted by Gasteiger charge is -1.98. The van der Waals surface area contributed by atoms with Gasteiger partial charge in [0, 0.05) is 11.1 Å². The van der Waals surface area contributed by atoms with Crippen molar-refractivity contribution in [1.29, 1.82) is 0 Å². The van der Waals surface area contributed by atoms with Gasteiger partial charge in [-0.1, -0.05) is 6.07 Å². The van der Waals surface area contributed by atoms with Crippen LogP contribution in [0.2, 0.25) is 0 Å². The summed E-state index contributed by atoms with van der Waals surface area (Å²) < 4.78 is 29.4. The van der Waals surface area contributed by atoms with Crippen LogP contribution < -0.4 is 9.47 Å². The van der Waals surface area contributed by atoms with Crippen LogP contribution in [0.5, 0.6) is 11.5 Å². The summed E-state index contributed by atoms with van der Waals surface area (Å²) in [6, 6.07) is 11.4. The van der Waals surface area contributed by atoms with E-state index in [0.29, 0.717) is 23.0 Å². The van der Waals surface area contributed by atoms with Crippen molar-refractivity contribution >= 4 is 0 Å². The second-order valence-electron chi connectivity index (χ2n) is 4.49. The molecule has 2 heterocycles. The molecular formula is C15H9FN2O3. The van der Waals surface area contributed by atoms with Crippen molar-refractivity contribution in [2.24, 2.45) is 0 Å². The minimum absolute atomic E-state index is 0.206. The third kappa shape index (κ3) is 2.10. The smallest absolute Gasteiger partial charge is 0.248 e. The van der Waals surface area contributed by atoms with Gasteiger partial charge in [-0.25, -0.2) is 4.39 Å². The fraction of sp³-hybridized carbons (Fsp3) is 0.0667. The fourth-order valence-corrected chi connectivity index (χ4v) is 2.11. The second-order valence-corrected chi connectivity index (χ2v) is 4.49.